The number of aliphatic hydroxyl groups excluding tert-OH is 3. The van der Waals surface area contributed by atoms with Crippen molar-refractivity contribution in [2.75, 3.05) is 0 Å². The van der Waals surface area contributed by atoms with E-state index in [1.807, 2.05) is 6.07 Å². The molecule has 1 unspecified atom stereocenters. The Bertz CT molecular complexity index is 991. The minimum absolute atomic E-state index is 0.0245. The molecule has 2 aromatic rings. The van der Waals surface area contributed by atoms with Gasteiger partial charge in [-0.25, -0.2) is 4.79 Å². The van der Waals surface area contributed by atoms with Gasteiger partial charge in [0.15, 0.2) is 11.9 Å². The van der Waals surface area contributed by atoms with E-state index in [0.717, 1.165) is 11.6 Å². The van der Waals surface area contributed by atoms with E-state index < -0.39 is 48.5 Å². The number of carboxylic acids is 1. The average molecular weight is 432 g/mol. The molecule has 0 spiro atoms. The van der Waals surface area contributed by atoms with Crippen LogP contribution in [0.1, 0.15) is 28.4 Å². The van der Waals surface area contributed by atoms with E-state index in [-0.39, 0.29) is 29.3 Å². The molecule has 164 valence electrons. The van der Waals surface area contributed by atoms with Crippen molar-refractivity contribution in [3.8, 4) is 17.2 Å². The van der Waals surface area contributed by atoms with E-state index in [0.29, 0.717) is 0 Å². The number of benzene rings is 2. The topological polar surface area (TPSA) is 163 Å². The van der Waals surface area contributed by atoms with Crippen LogP contribution in [0.25, 0.3) is 0 Å². The first-order valence-corrected chi connectivity index (χ1v) is 9.47. The second kappa shape index (κ2) is 8.16. The Morgan fingerprint density at radius 2 is 1.74 bits per heavy atom. The fourth-order valence-corrected chi connectivity index (χ4v) is 3.62. The lowest BCUT2D eigenvalue weighted by atomic mass is 9.95. The third-order valence-corrected chi connectivity index (χ3v) is 5.21. The van der Waals surface area contributed by atoms with E-state index in [9.17, 15) is 30.0 Å². The summed E-state index contributed by atoms with van der Waals surface area (Å²) in [6.45, 7) is 0. The standard InChI is InChI=1S/C21H20O10/c22-11-6-10(29-21-18(26)16(24)17(25)19(31-21)20(27)28)7-14-15(11)12(23)8-13(30-14)9-4-2-1-3-5-9/h1-7,13,16-19,21-22,24-26H,8H2,(H,27,28)/t13?,16-,17-,18+,19-,21+/m1/s1. The van der Waals surface area contributed by atoms with Gasteiger partial charge in [0.2, 0.25) is 6.29 Å². The quantitative estimate of drug-likeness (QED) is 0.456. The van der Waals surface area contributed by atoms with Crippen LogP contribution in [0, 0.1) is 0 Å². The molecular weight excluding hydrogens is 412 g/mol. The van der Waals surface area contributed by atoms with Gasteiger partial charge in [0, 0.05) is 12.1 Å². The number of hydrogen-bond acceptors (Lipinski definition) is 9. The summed E-state index contributed by atoms with van der Waals surface area (Å²) < 4.78 is 16.4. The Kier molecular flexibility index (Phi) is 5.54. The number of hydrogen-bond donors (Lipinski definition) is 5. The summed E-state index contributed by atoms with van der Waals surface area (Å²) in [6.07, 6.45) is -9.54. The molecule has 0 bridgehead atoms. The van der Waals surface area contributed by atoms with Crippen molar-refractivity contribution in [2.45, 2.75) is 43.2 Å². The number of aliphatic carboxylic acids is 1. The molecule has 0 aliphatic carbocycles. The normalized spacial score (nSPS) is 30.2. The highest BCUT2D eigenvalue weighted by Gasteiger charge is 2.48. The van der Waals surface area contributed by atoms with Gasteiger partial charge in [-0.2, -0.15) is 0 Å². The SMILES string of the molecule is O=C1CC(c2ccccc2)Oc2cc(O[C@H]3O[C@@H](C(=O)O)[C@H](O)[C@@H](O)[C@@H]3O)cc(O)c21. The van der Waals surface area contributed by atoms with Crippen LogP contribution in [-0.2, 0) is 9.53 Å². The molecule has 6 atom stereocenters. The van der Waals surface area contributed by atoms with Crippen molar-refractivity contribution in [2.24, 2.45) is 0 Å². The summed E-state index contributed by atoms with van der Waals surface area (Å²) in [5.41, 5.74) is 0.739. The lowest BCUT2D eigenvalue weighted by Gasteiger charge is -2.38. The van der Waals surface area contributed by atoms with Crippen LogP contribution < -0.4 is 9.47 Å². The van der Waals surface area contributed by atoms with Gasteiger partial charge in [-0.1, -0.05) is 30.3 Å². The molecule has 2 heterocycles. The molecule has 1 fully saturated rings. The van der Waals surface area contributed by atoms with Crippen LogP contribution in [0.15, 0.2) is 42.5 Å². The van der Waals surface area contributed by atoms with Gasteiger partial charge in [0.05, 0.1) is 6.42 Å². The number of carbonyl (C=O) groups excluding carboxylic acids is 1. The van der Waals surface area contributed by atoms with Crippen molar-refractivity contribution in [1.82, 2.24) is 0 Å². The number of rotatable bonds is 4. The fraction of sp³-hybridized carbons (Fsp3) is 0.333. The highest BCUT2D eigenvalue weighted by atomic mass is 16.7. The number of phenolic OH excluding ortho intramolecular Hbond substituents is 1. The first kappa shape index (κ1) is 21.1. The first-order chi connectivity index (χ1) is 14.8. The van der Waals surface area contributed by atoms with Crippen LogP contribution in [0.3, 0.4) is 0 Å². The van der Waals surface area contributed by atoms with Gasteiger partial charge >= 0.3 is 5.97 Å². The van der Waals surface area contributed by atoms with Crippen molar-refractivity contribution >= 4 is 11.8 Å². The Labute approximate surface area is 175 Å². The molecule has 5 N–H and O–H groups in total. The molecule has 1 saturated heterocycles. The highest BCUT2D eigenvalue weighted by Crippen LogP contribution is 2.42. The number of aliphatic hydroxyl groups is 3. The molecule has 10 nitrogen and oxygen atoms in total. The minimum Gasteiger partial charge on any atom is -0.507 e. The number of Topliss-reactive ketones (excluding diaryl/α,β-unsaturated/α-hetero) is 1. The maximum atomic E-state index is 12.6. The summed E-state index contributed by atoms with van der Waals surface area (Å²) >= 11 is 0. The predicted octanol–water partition coefficient (Wildman–Crippen LogP) is 0.370. The molecule has 4 rings (SSSR count). The zero-order valence-electron chi connectivity index (χ0n) is 16.0. The van der Waals surface area contributed by atoms with Crippen LogP contribution in [0.5, 0.6) is 17.2 Å². The largest absolute Gasteiger partial charge is 0.507 e. The van der Waals surface area contributed by atoms with Crippen molar-refractivity contribution in [1.29, 1.82) is 0 Å². The second-order valence-electron chi connectivity index (χ2n) is 7.31. The van der Waals surface area contributed by atoms with Crippen LogP contribution in [0.4, 0.5) is 0 Å². The van der Waals surface area contributed by atoms with Crippen LogP contribution in [-0.4, -0.2) is 68.0 Å². The summed E-state index contributed by atoms with van der Waals surface area (Å²) in [4.78, 5) is 23.8. The average Bonchev–Trinajstić information content (AvgIpc) is 2.74. The fourth-order valence-electron chi connectivity index (χ4n) is 3.62. The van der Waals surface area contributed by atoms with Crippen molar-refractivity contribution in [3.05, 3.63) is 53.6 Å². The summed E-state index contributed by atoms with van der Waals surface area (Å²) in [7, 11) is 0. The van der Waals surface area contributed by atoms with E-state index in [1.54, 1.807) is 24.3 Å². The molecular formula is C21H20O10. The monoisotopic (exact) mass is 432 g/mol. The molecule has 10 heteroatoms. The van der Waals surface area contributed by atoms with Gasteiger partial charge < -0.3 is 39.7 Å². The number of phenols is 1. The van der Waals surface area contributed by atoms with E-state index in [1.165, 1.54) is 6.07 Å². The van der Waals surface area contributed by atoms with Crippen LogP contribution in [0.2, 0.25) is 0 Å². The number of carboxylic acid groups (broad SMARTS) is 1. The lowest BCUT2D eigenvalue weighted by molar-refractivity contribution is -0.271. The Morgan fingerprint density at radius 1 is 1.03 bits per heavy atom. The van der Waals surface area contributed by atoms with Crippen LogP contribution >= 0.6 is 0 Å². The van der Waals surface area contributed by atoms with Gasteiger partial charge in [0.25, 0.3) is 0 Å². The number of ether oxygens (including phenoxy) is 3. The number of fused-ring (bicyclic) bond motifs is 1. The summed E-state index contributed by atoms with van der Waals surface area (Å²) in [5, 5.41) is 49.2. The molecule has 31 heavy (non-hydrogen) atoms. The third kappa shape index (κ3) is 3.93. The highest BCUT2D eigenvalue weighted by molar-refractivity contribution is 6.02. The van der Waals surface area contributed by atoms with Gasteiger partial charge in [-0.05, 0) is 5.56 Å². The molecule has 2 aliphatic rings. The third-order valence-electron chi connectivity index (χ3n) is 5.21. The molecule has 0 saturated carbocycles. The number of aromatic hydroxyl groups is 1. The molecule has 0 amide bonds. The van der Waals surface area contributed by atoms with E-state index in [4.69, 9.17) is 19.3 Å². The second-order valence-corrected chi connectivity index (χ2v) is 7.31. The van der Waals surface area contributed by atoms with Crippen molar-refractivity contribution in [3.63, 3.8) is 0 Å². The smallest absolute Gasteiger partial charge is 0.335 e. The number of ketones is 1. The van der Waals surface area contributed by atoms with Gasteiger partial charge in [0.1, 0.15) is 47.2 Å². The predicted molar refractivity (Wildman–Crippen MR) is 102 cm³/mol. The molecule has 2 aromatic carbocycles. The zero-order chi connectivity index (χ0) is 22.3. The molecule has 0 aromatic heterocycles. The van der Waals surface area contributed by atoms with E-state index >= 15 is 0 Å². The minimum atomic E-state index is -1.86. The summed E-state index contributed by atoms with van der Waals surface area (Å²) in [5.74, 6) is -2.38. The Hall–Kier alpha value is -3.18. The maximum absolute atomic E-state index is 12.6. The Morgan fingerprint density at radius 3 is 2.42 bits per heavy atom. The molecule has 2 aliphatic heterocycles. The van der Waals surface area contributed by atoms with E-state index in [2.05, 4.69) is 0 Å². The van der Waals surface area contributed by atoms with Gasteiger partial charge in [-0.15, -0.1) is 0 Å². The maximum Gasteiger partial charge on any atom is 0.335 e. The zero-order valence-corrected chi connectivity index (χ0v) is 16.0. The van der Waals surface area contributed by atoms with Crippen molar-refractivity contribution < 1.29 is 49.3 Å². The summed E-state index contributed by atoms with van der Waals surface area (Å²) in [6, 6.07) is 11.4. The first-order valence-electron chi connectivity index (χ1n) is 9.47. The lowest BCUT2D eigenvalue weighted by Crippen LogP contribution is -2.61. The molecule has 0 radical (unpaired) electrons. The Balaban J connectivity index is 1.60. The van der Waals surface area contributed by atoms with Gasteiger partial charge in [-0.3, -0.25) is 4.79 Å². The number of carbonyl (C=O) groups is 2.